The van der Waals surface area contributed by atoms with Crippen LogP contribution in [0.25, 0.3) is 0 Å². The third-order valence-corrected chi connectivity index (χ3v) is 3.90. The molecule has 110 valence electrons. The molecule has 2 aromatic rings. The number of carbonyl (C=O) groups excluding carboxylic acids is 2. The molecule has 2 rings (SSSR count). The van der Waals surface area contributed by atoms with Gasteiger partial charge in [0.25, 0.3) is 0 Å². The molecule has 0 aliphatic heterocycles. The molecule has 0 aliphatic carbocycles. The zero-order valence-corrected chi connectivity index (χ0v) is 13.1. The van der Waals surface area contributed by atoms with Crippen molar-refractivity contribution in [1.82, 2.24) is 0 Å². The molecule has 0 aliphatic rings. The summed E-state index contributed by atoms with van der Waals surface area (Å²) in [7, 11) is 0. The predicted molar refractivity (Wildman–Crippen MR) is 84.5 cm³/mol. The lowest BCUT2D eigenvalue weighted by molar-refractivity contribution is -0.114. The number of anilines is 1. The highest BCUT2D eigenvalue weighted by molar-refractivity contribution is 7.18. The molecule has 0 radical (unpaired) electrons. The van der Waals surface area contributed by atoms with E-state index in [1.54, 1.807) is 43.3 Å². The summed E-state index contributed by atoms with van der Waals surface area (Å²) in [5.41, 5.74) is 0.624. The Labute approximate surface area is 131 Å². The maximum atomic E-state index is 12.2. The Morgan fingerprint density at radius 2 is 2.05 bits per heavy atom. The van der Waals surface area contributed by atoms with Crippen LogP contribution in [-0.4, -0.2) is 17.8 Å². The van der Waals surface area contributed by atoms with Gasteiger partial charge in [0.2, 0.25) is 11.7 Å². The van der Waals surface area contributed by atoms with Crippen molar-refractivity contribution in [3.8, 4) is 5.75 Å². The summed E-state index contributed by atoms with van der Waals surface area (Å²) >= 11 is 7.05. The molecule has 0 saturated carbocycles. The zero-order valence-electron chi connectivity index (χ0n) is 11.6. The summed E-state index contributed by atoms with van der Waals surface area (Å²) < 4.78 is 6.19. The fraction of sp³-hybridized carbons (Fsp3) is 0.200. The van der Waals surface area contributed by atoms with Crippen LogP contribution < -0.4 is 10.1 Å². The largest absolute Gasteiger partial charge is 0.482 e. The van der Waals surface area contributed by atoms with Gasteiger partial charge in [-0.1, -0.05) is 17.7 Å². The lowest BCUT2D eigenvalue weighted by atomic mass is 10.2. The first-order chi connectivity index (χ1) is 9.95. The number of ether oxygens (including phenoxy) is 1. The van der Waals surface area contributed by atoms with E-state index in [1.807, 2.05) is 0 Å². The molecule has 0 spiro atoms. The summed E-state index contributed by atoms with van der Waals surface area (Å²) in [5, 5.41) is 2.66. The van der Waals surface area contributed by atoms with Gasteiger partial charge in [-0.05, 0) is 31.2 Å². The van der Waals surface area contributed by atoms with Gasteiger partial charge in [0.15, 0.2) is 6.10 Å². The van der Waals surface area contributed by atoms with Gasteiger partial charge in [-0.2, -0.15) is 0 Å². The van der Waals surface area contributed by atoms with Gasteiger partial charge in [0, 0.05) is 18.7 Å². The number of nitrogens with one attached hydrogen (secondary N) is 1. The van der Waals surface area contributed by atoms with Crippen LogP contribution in [0.2, 0.25) is 4.34 Å². The molecule has 6 heteroatoms. The number of hydrogen-bond donors (Lipinski definition) is 1. The molecule has 0 bridgehead atoms. The molecule has 0 fully saturated rings. The van der Waals surface area contributed by atoms with Crippen molar-refractivity contribution in [3.05, 3.63) is 45.6 Å². The number of ketones is 1. The second-order valence-corrected chi connectivity index (χ2v) is 6.15. The Hall–Kier alpha value is -1.85. The minimum atomic E-state index is -0.632. The average molecular weight is 324 g/mol. The van der Waals surface area contributed by atoms with Gasteiger partial charge in [-0.3, -0.25) is 9.59 Å². The zero-order chi connectivity index (χ0) is 15.4. The molecule has 0 saturated heterocycles. The molecule has 1 heterocycles. The van der Waals surface area contributed by atoms with Crippen molar-refractivity contribution < 1.29 is 14.3 Å². The Morgan fingerprint density at radius 1 is 1.29 bits per heavy atom. The lowest BCUT2D eigenvalue weighted by Gasteiger charge is -2.13. The molecule has 1 unspecified atom stereocenters. The van der Waals surface area contributed by atoms with E-state index in [0.717, 1.165) is 0 Å². The molecule has 1 aromatic carbocycles. The average Bonchev–Trinajstić information content (AvgIpc) is 2.84. The van der Waals surface area contributed by atoms with E-state index in [4.69, 9.17) is 16.3 Å². The van der Waals surface area contributed by atoms with E-state index in [1.165, 1.54) is 18.3 Å². The normalized spacial score (nSPS) is 11.8. The number of halogens is 1. The summed E-state index contributed by atoms with van der Waals surface area (Å²) in [4.78, 5) is 23.8. The van der Waals surface area contributed by atoms with Crippen LogP contribution in [0.4, 0.5) is 5.69 Å². The third kappa shape index (κ3) is 4.31. The van der Waals surface area contributed by atoms with Crippen LogP contribution in [0.3, 0.4) is 0 Å². The highest BCUT2D eigenvalue weighted by Gasteiger charge is 2.18. The van der Waals surface area contributed by atoms with Crippen molar-refractivity contribution in [3.63, 3.8) is 0 Å². The predicted octanol–water partition coefficient (Wildman–Crippen LogP) is 4.01. The van der Waals surface area contributed by atoms with Gasteiger partial charge < -0.3 is 10.1 Å². The number of carbonyl (C=O) groups is 2. The van der Waals surface area contributed by atoms with Gasteiger partial charge in [0.05, 0.1) is 9.21 Å². The minimum Gasteiger partial charge on any atom is -0.482 e. The van der Waals surface area contributed by atoms with Gasteiger partial charge in [-0.15, -0.1) is 11.3 Å². The van der Waals surface area contributed by atoms with Crippen molar-refractivity contribution in [1.29, 1.82) is 0 Å². The van der Waals surface area contributed by atoms with Crippen LogP contribution in [0.1, 0.15) is 23.5 Å². The highest BCUT2D eigenvalue weighted by atomic mass is 35.5. The number of benzene rings is 1. The van der Waals surface area contributed by atoms with Crippen molar-refractivity contribution >= 4 is 40.3 Å². The highest BCUT2D eigenvalue weighted by Crippen LogP contribution is 2.24. The Balaban J connectivity index is 2.07. The smallest absolute Gasteiger partial charge is 0.221 e. The molecule has 21 heavy (non-hydrogen) atoms. The van der Waals surface area contributed by atoms with E-state index in [0.29, 0.717) is 20.7 Å². The van der Waals surface area contributed by atoms with Gasteiger partial charge in [0.1, 0.15) is 5.75 Å². The first-order valence-electron chi connectivity index (χ1n) is 6.29. The molecule has 1 atom stereocenters. The summed E-state index contributed by atoms with van der Waals surface area (Å²) in [5.74, 6) is 0.228. The maximum Gasteiger partial charge on any atom is 0.221 e. The van der Waals surface area contributed by atoms with E-state index in [-0.39, 0.29) is 11.7 Å². The fourth-order valence-electron chi connectivity index (χ4n) is 1.76. The number of hydrogen-bond acceptors (Lipinski definition) is 4. The minimum absolute atomic E-state index is 0.128. The van der Waals surface area contributed by atoms with E-state index in [9.17, 15) is 9.59 Å². The molecule has 4 nitrogen and oxygen atoms in total. The van der Waals surface area contributed by atoms with E-state index in [2.05, 4.69) is 5.32 Å². The molecular weight excluding hydrogens is 310 g/mol. The lowest BCUT2D eigenvalue weighted by Crippen LogP contribution is -2.23. The number of rotatable bonds is 5. The molecule has 1 N–H and O–H groups in total. The Kier molecular flexibility index (Phi) is 4.98. The van der Waals surface area contributed by atoms with Gasteiger partial charge in [-0.25, -0.2) is 0 Å². The van der Waals surface area contributed by atoms with Crippen LogP contribution >= 0.6 is 22.9 Å². The Bertz CT molecular complexity index is 668. The maximum absolute atomic E-state index is 12.2. The standard InChI is InChI=1S/C15H14ClNO3S/c1-9(15(19)13-6-7-14(16)21-13)20-12-5-3-4-11(8-12)17-10(2)18/h3-9H,1-2H3,(H,17,18). The number of Topliss-reactive ketones (excluding diaryl/α,β-unsaturated/α-hetero) is 1. The summed E-state index contributed by atoms with van der Waals surface area (Å²) in [6, 6.07) is 10.3. The number of amides is 1. The van der Waals surface area contributed by atoms with Crippen molar-refractivity contribution in [2.24, 2.45) is 0 Å². The monoisotopic (exact) mass is 323 g/mol. The SMILES string of the molecule is CC(=O)Nc1cccc(OC(C)C(=O)c2ccc(Cl)s2)c1. The van der Waals surface area contributed by atoms with Crippen LogP contribution in [-0.2, 0) is 4.79 Å². The Morgan fingerprint density at radius 3 is 2.67 bits per heavy atom. The van der Waals surface area contributed by atoms with Crippen molar-refractivity contribution in [2.45, 2.75) is 20.0 Å². The second-order valence-electron chi connectivity index (χ2n) is 4.44. The van der Waals surface area contributed by atoms with Crippen LogP contribution in [0, 0.1) is 0 Å². The molecular formula is C15H14ClNO3S. The quantitative estimate of drug-likeness (QED) is 0.846. The summed E-state index contributed by atoms with van der Waals surface area (Å²) in [6.07, 6.45) is -0.632. The molecule has 1 aromatic heterocycles. The topological polar surface area (TPSA) is 55.4 Å². The van der Waals surface area contributed by atoms with Crippen LogP contribution in [0.5, 0.6) is 5.75 Å². The fourth-order valence-corrected chi connectivity index (χ4v) is 2.82. The second kappa shape index (κ2) is 6.74. The van der Waals surface area contributed by atoms with Gasteiger partial charge >= 0.3 is 0 Å². The van der Waals surface area contributed by atoms with E-state index >= 15 is 0 Å². The van der Waals surface area contributed by atoms with Crippen molar-refractivity contribution in [2.75, 3.05) is 5.32 Å². The summed E-state index contributed by atoms with van der Waals surface area (Å²) in [6.45, 7) is 3.11. The number of thiophene rings is 1. The first kappa shape index (κ1) is 15.5. The molecule has 1 amide bonds. The van der Waals surface area contributed by atoms with Crippen LogP contribution in [0.15, 0.2) is 36.4 Å². The third-order valence-electron chi connectivity index (χ3n) is 2.65. The van der Waals surface area contributed by atoms with E-state index < -0.39 is 6.10 Å². The first-order valence-corrected chi connectivity index (χ1v) is 7.49.